The SMILES string of the molecule is COC1=[C]c2ccccc2C1OC. The summed E-state index contributed by atoms with van der Waals surface area (Å²) in [5.41, 5.74) is 2.19. The molecule has 13 heavy (non-hydrogen) atoms. The number of hydrogen-bond donors (Lipinski definition) is 0. The molecule has 2 heteroatoms. The molecule has 0 saturated heterocycles. The van der Waals surface area contributed by atoms with Gasteiger partial charge < -0.3 is 9.47 Å². The molecule has 1 aromatic rings. The van der Waals surface area contributed by atoms with E-state index in [1.54, 1.807) is 14.2 Å². The van der Waals surface area contributed by atoms with Crippen LogP contribution in [0, 0.1) is 6.08 Å². The van der Waals surface area contributed by atoms with Crippen LogP contribution in [0.2, 0.25) is 0 Å². The molecule has 0 bridgehead atoms. The lowest BCUT2D eigenvalue weighted by Crippen LogP contribution is -2.02. The summed E-state index contributed by atoms with van der Waals surface area (Å²) in [6.45, 7) is 0. The van der Waals surface area contributed by atoms with E-state index in [0.29, 0.717) is 0 Å². The zero-order chi connectivity index (χ0) is 9.26. The summed E-state index contributed by atoms with van der Waals surface area (Å²) in [4.78, 5) is 0. The van der Waals surface area contributed by atoms with E-state index in [4.69, 9.17) is 9.47 Å². The summed E-state index contributed by atoms with van der Waals surface area (Å²) in [7, 11) is 3.31. The van der Waals surface area contributed by atoms with E-state index in [1.165, 1.54) is 0 Å². The maximum Gasteiger partial charge on any atom is 0.140 e. The van der Waals surface area contributed by atoms with Crippen LogP contribution in [-0.4, -0.2) is 14.2 Å². The molecule has 2 rings (SSSR count). The summed E-state index contributed by atoms with van der Waals surface area (Å²) < 4.78 is 10.5. The normalized spacial score (nSPS) is 19.5. The Kier molecular flexibility index (Phi) is 2.07. The van der Waals surface area contributed by atoms with Crippen molar-refractivity contribution in [3.8, 4) is 0 Å². The second-order valence-corrected chi connectivity index (χ2v) is 2.90. The van der Waals surface area contributed by atoms with Crippen LogP contribution in [-0.2, 0) is 9.47 Å². The van der Waals surface area contributed by atoms with Gasteiger partial charge in [0.15, 0.2) is 0 Å². The lowest BCUT2D eigenvalue weighted by atomic mass is 10.1. The van der Waals surface area contributed by atoms with E-state index >= 15 is 0 Å². The van der Waals surface area contributed by atoms with Crippen molar-refractivity contribution in [2.45, 2.75) is 6.10 Å². The monoisotopic (exact) mass is 175 g/mol. The van der Waals surface area contributed by atoms with E-state index < -0.39 is 0 Å². The Balaban J connectivity index is 2.44. The number of fused-ring (bicyclic) bond motifs is 1. The van der Waals surface area contributed by atoms with Crippen molar-refractivity contribution in [1.82, 2.24) is 0 Å². The highest BCUT2D eigenvalue weighted by atomic mass is 16.5. The minimum atomic E-state index is -0.0822. The van der Waals surface area contributed by atoms with Gasteiger partial charge in [-0.2, -0.15) is 0 Å². The molecule has 1 aliphatic carbocycles. The molecule has 0 amide bonds. The molecule has 1 atom stereocenters. The van der Waals surface area contributed by atoms with Crippen LogP contribution in [0.15, 0.2) is 30.0 Å². The van der Waals surface area contributed by atoms with Gasteiger partial charge in [0.25, 0.3) is 0 Å². The topological polar surface area (TPSA) is 18.5 Å². The van der Waals surface area contributed by atoms with Crippen LogP contribution in [0.3, 0.4) is 0 Å². The molecular formula is C11H11O2. The smallest absolute Gasteiger partial charge is 0.140 e. The van der Waals surface area contributed by atoms with Gasteiger partial charge in [-0.1, -0.05) is 24.3 Å². The van der Waals surface area contributed by atoms with Gasteiger partial charge in [-0.05, 0) is 11.1 Å². The molecule has 0 fully saturated rings. The molecule has 0 N–H and O–H groups in total. The van der Waals surface area contributed by atoms with Gasteiger partial charge >= 0.3 is 0 Å². The van der Waals surface area contributed by atoms with Crippen LogP contribution in [0.5, 0.6) is 0 Å². The van der Waals surface area contributed by atoms with Gasteiger partial charge in [0, 0.05) is 13.2 Å². The maximum atomic E-state index is 5.32. The molecule has 1 radical (unpaired) electrons. The highest BCUT2D eigenvalue weighted by Gasteiger charge is 2.25. The minimum absolute atomic E-state index is 0.0822. The average Bonchev–Trinajstić information content (AvgIpc) is 2.55. The van der Waals surface area contributed by atoms with Crippen LogP contribution in [0.4, 0.5) is 0 Å². The molecule has 0 saturated carbocycles. The van der Waals surface area contributed by atoms with Gasteiger partial charge in [0.05, 0.1) is 7.11 Å². The molecule has 0 heterocycles. The van der Waals surface area contributed by atoms with E-state index in [2.05, 4.69) is 6.08 Å². The first-order chi connectivity index (χ1) is 6.36. The largest absolute Gasteiger partial charge is 0.497 e. The molecule has 1 aliphatic rings. The standard InChI is InChI=1S/C11H11O2/c1-12-10-7-8-5-3-4-6-9(8)11(10)13-2/h3-6,11H,1-2H3. The fraction of sp³-hybridized carbons (Fsp3) is 0.273. The summed E-state index contributed by atoms with van der Waals surface area (Å²) in [6.07, 6.45) is 3.07. The fourth-order valence-electron chi connectivity index (χ4n) is 1.57. The third-order valence-electron chi connectivity index (χ3n) is 2.19. The van der Waals surface area contributed by atoms with Crippen LogP contribution in [0.1, 0.15) is 17.2 Å². The first kappa shape index (κ1) is 8.32. The Bertz CT molecular complexity index is 342. The van der Waals surface area contributed by atoms with Gasteiger partial charge in [-0.25, -0.2) is 0 Å². The fourth-order valence-corrected chi connectivity index (χ4v) is 1.57. The quantitative estimate of drug-likeness (QED) is 0.685. The summed E-state index contributed by atoms with van der Waals surface area (Å²) in [5.74, 6) is 0.753. The maximum absolute atomic E-state index is 5.32. The lowest BCUT2D eigenvalue weighted by molar-refractivity contribution is 0.0822. The van der Waals surface area contributed by atoms with Crippen molar-refractivity contribution >= 4 is 0 Å². The predicted octanol–water partition coefficient (Wildman–Crippen LogP) is 2.07. The summed E-state index contributed by atoms with van der Waals surface area (Å²) in [6, 6.07) is 8.01. The Labute approximate surface area is 77.8 Å². The van der Waals surface area contributed by atoms with E-state index in [0.717, 1.165) is 16.9 Å². The summed E-state index contributed by atoms with van der Waals surface area (Å²) >= 11 is 0. The van der Waals surface area contributed by atoms with Crippen LogP contribution < -0.4 is 0 Å². The minimum Gasteiger partial charge on any atom is -0.497 e. The second-order valence-electron chi connectivity index (χ2n) is 2.90. The number of benzene rings is 1. The van der Waals surface area contributed by atoms with Crippen molar-refractivity contribution in [2.24, 2.45) is 0 Å². The van der Waals surface area contributed by atoms with E-state index in [1.807, 2.05) is 24.3 Å². The van der Waals surface area contributed by atoms with E-state index in [-0.39, 0.29) is 6.10 Å². The molecule has 2 nitrogen and oxygen atoms in total. The number of rotatable bonds is 2. The van der Waals surface area contributed by atoms with Crippen molar-refractivity contribution in [2.75, 3.05) is 14.2 Å². The number of methoxy groups -OCH3 is 2. The van der Waals surface area contributed by atoms with Gasteiger partial charge in [-0.15, -0.1) is 0 Å². The first-order valence-corrected chi connectivity index (χ1v) is 4.16. The highest BCUT2D eigenvalue weighted by molar-refractivity contribution is 5.43. The molecule has 0 aliphatic heterocycles. The first-order valence-electron chi connectivity index (χ1n) is 4.16. The van der Waals surface area contributed by atoms with Crippen molar-refractivity contribution < 1.29 is 9.47 Å². The molecule has 1 unspecified atom stereocenters. The predicted molar refractivity (Wildman–Crippen MR) is 49.1 cm³/mol. The number of ether oxygens (including phenoxy) is 2. The van der Waals surface area contributed by atoms with Crippen LogP contribution in [0.25, 0.3) is 0 Å². The van der Waals surface area contributed by atoms with Crippen molar-refractivity contribution in [1.29, 1.82) is 0 Å². The molecular weight excluding hydrogens is 164 g/mol. The Morgan fingerprint density at radius 2 is 2.00 bits per heavy atom. The lowest BCUT2D eigenvalue weighted by Gasteiger charge is -2.12. The zero-order valence-corrected chi connectivity index (χ0v) is 7.70. The van der Waals surface area contributed by atoms with Crippen molar-refractivity contribution in [3.63, 3.8) is 0 Å². The molecule has 0 aromatic heterocycles. The van der Waals surface area contributed by atoms with Crippen LogP contribution >= 0.6 is 0 Å². The Morgan fingerprint density at radius 1 is 1.23 bits per heavy atom. The molecule has 0 spiro atoms. The van der Waals surface area contributed by atoms with Gasteiger partial charge in [-0.3, -0.25) is 0 Å². The number of hydrogen-bond acceptors (Lipinski definition) is 2. The Morgan fingerprint density at radius 3 is 2.69 bits per heavy atom. The molecule has 67 valence electrons. The third-order valence-corrected chi connectivity index (χ3v) is 2.19. The third kappa shape index (κ3) is 1.23. The van der Waals surface area contributed by atoms with Gasteiger partial charge in [0.2, 0.25) is 0 Å². The zero-order valence-electron chi connectivity index (χ0n) is 7.70. The molecule has 1 aromatic carbocycles. The second kappa shape index (κ2) is 3.23. The average molecular weight is 175 g/mol. The van der Waals surface area contributed by atoms with E-state index in [9.17, 15) is 0 Å². The summed E-state index contributed by atoms with van der Waals surface area (Å²) in [5, 5.41) is 0. The highest BCUT2D eigenvalue weighted by Crippen LogP contribution is 2.34. The van der Waals surface area contributed by atoms with Gasteiger partial charge in [0.1, 0.15) is 11.9 Å². The van der Waals surface area contributed by atoms with Crippen molar-refractivity contribution in [3.05, 3.63) is 47.2 Å². The Hall–Kier alpha value is -1.28.